The molecule has 0 bridgehead atoms. The van der Waals surface area contributed by atoms with Crippen molar-refractivity contribution in [1.29, 1.82) is 0 Å². The van der Waals surface area contributed by atoms with E-state index in [1.54, 1.807) is 24.3 Å². The molecule has 0 aliphatic heterocycles. The first-order valence-corrected chi connectivity index (χ1v) is 10.3. The second kappa shape index (κ2) is 7.79. The number of halogens is 2. The lowest BCUT2D eigenvalue weighted by Gasteiger charge is -2.16. The van der Waals surface area contributed by atoms with Gasteiger partial charge in [0.05, 0.1) is 15.2 Å². The summed E-state index contributed by atoms with van der Waals surface area (Å²) in [6.07, 6.45) is 0. The minimum Gasteiger partial charge on any atom is -0.312 e. The van der Waals surface area contributed by atoms with Gasteiger partial charge in [0.2, 0.25) is 0 Å². The number of benzene rings is 3. The van der Waals surface area contributed by atoms with Gasteiger partial charge >= 0.3 is 5.97 Å². The second-order valence-electron chi connectivity index (χ2n) is 6.16. The maximum absolute atomic E-state index is 12.4. The van der Waals surface area contributed by atoms with E-state index in [-0.39, 0.29) is 9.65 Å². The SMILES string of the molecule is O=C(ON=C1c2ccccc2[C@H](Br)[C@@H](Br)c2ccccc21)c1ccccc1. The Labute approximate surface area is 174 Å². The molecule has 0 saturated carbocycles. The van der Waals surface area contributed by atoms with Gasteiger partial charge in [-0.25, -0.2) is 4.79 Å². The minimum absolute atomic E-state index is 0.0624. The van der Waals surface area contributed by atoms with E-state index < -0.39 is 5.97 Å². The van der Waals surface area contributed by atoms with Crippen LogP contribution < -0.4 is 0 Å². The van der Waals surface area contributed by atoms with Crippen molar-refractivity contribution in [3.05, 3.63) is 107 Å². The van der Waals surface area contributed by atoms with Crippen molar-refractivity contribution in [3.8, 4) is 0 Å². The summed E-state index contributed by atoms with van der Waals surface area (Å²) < 4.78 is 0. The Morgan fingerprint density at radius 1 is 0.741 bits per heavy atom. The van der Waals surface area contributed by atoms with Crippen LogP contribution in [0.15, 0.2) is 84.0 Å². The van der Waals surface area contributed by atoms with Crippen LogP contribution in [-0.4, -0.2) is 11.7 Å². The highest BCUT2D eigenvalue weighted by molar-refractivity contribution is 9.12. The molecule has 0 N–H and O–H groups in total. The van der Waals surface area contributed by atoms with Crippen LogP contribution in [-0.2, 0) is 4.84 Å². The molecule has 0 heterocycles. The third kappa shape index (κ3) is 3.49. The lowest BCUT2D eigenvalue weighted by Crippen LogP contribution is -2.09. The largest absolute Gasteiger partial charge is 0.365 e. The van der Waals surface area contributed by atoms with Gasteiger partial charge in [-0.3, -0.25) is 0 Å². The van der Waals surface area contributed by atoms with Crippen LogP contribution in [0.25, 0.3) is 0 Å². The van der Waals surface area contributed by atoms with Gasteiger partial charge < -0.3 is 4.84 Å². The van der Waals surface area contributed by atoms with Crippen molar-refractivity contribution in [2.75, 3.05) is 0 Å². The lowest BCUT2D eigenvalue weighted by atomic mass is 9.98. The van der Waals surface area contributed by atoms with Crippen molar-refractivity contribution >= 4 is 43.5 Å². The summed E-state index contributed by atoms with van der Waals surface area (Å²) in [6.45, 7) is 0. The number of rotatable bonds is 2. The normalized spacial score (nSPS) is 18.1. The number of carbonyl (C=O) groups is 1. The molecule has 0 unspecified atom stereocenters. The zero-order chi connectivity index (χ0) is 18.8. The fourth-order valence-electron chi connectivity index (χ4n) is 3.18. The summed E-state index contributed by atoms with van der Waals surface area (Å²) >= 11 is 7.61. The highest BCUT2D eigenvalue weighted by Gasteiger charge is 2.31. The summed E-state index contributed by atoms with van der Waals surface area (Å²) in [5, 5.41) is 4.30. The Morgan fingerprint density at radius 3 is 1.78 bits per heavy atom. The fourth-order valence-corrected chi connectivity index (χ4v) is 4.55. The molecule has 1 aliphatic carbocycles. The molecule has 27 heavy (non-hydrogen) atoms. The number of fused-ring (bicyclic) bond motifs is 2. The van der Waals surface area contributed by atoms with Crippen molar-refractivity contribution in [1.82, 2.24) is 0 Å². The van der Waals surface area contributed by atoms with Crippen molar-refractivity contribution in [3.63, 3.8) is 0 Å². The molecule has 1 aliphatic rings. The zero-order valence-electron chi connectivity index (χ0n) is 14.2. The van der Waals surface area contributed by atoms with Crippen LogP contribution in [0.3, 0.4) is 0 Å². The average Bonchev–Trinajstić information content (AvgIpc) is 2.82. The second-order valence-corrected chi connectivity index (χ2v) is 8.14. The number of alkyl halides is 2. The van der Waals surface area contributed by atoms with Gasteiger partial charge in [0, 0.05) is 11.1 Å². The molecule has 0 radical (unpaired) electrons. The molecule has 3 aromatic carbocycles. The Morgan fingerprint density at radius 2 is 1.22 bits per heavy atom. The van der Waals surface area contributed by atoms with Gasteiger partial charge in [-0.1, -0.05) is 104 Å². The van der Waals surface area contributed by atoms with Crippen LogP contribution in [0.1, 0.15) is 42.3 Å². The molecule has 5 heteroatoms. The summed E-state index contributed by atoms with van der Waals surface area (Å²) in [5.74, 6) is -0.479. The highest BCUT2D eigenvalue weighted by Crippen LogP contribution is 2.47. The Hall–Kier alpha value is -2.24. The summed E-state index contributed by atoms with van der Waals surface area (Å²) in [7, 11) is 0. The van der Waals surface area contributed by atoms with Gasteiger partial charge in [0.25, 0.3) is 0 Å². The molecule has 2 atom stereocenters. The van der Waals surface area contributed by atoms with E-state index in [2.05, 4.69) is 49.1 Å². The number of nitrogens with zero attached hydrogens (tertiary/aromatic N) is 1. The van der Waals surface area contributed by atoms with E-state index in [4.69, 9.17) is 4.84 Å². The van der Waals surface area contributed by atoms with E-state index in [9.17, 15) is 4.79 Å². The molecule has 0 amide bonds. The van der Waals surface area contributed by atoms with Crippen LogP contribution in [0.5, 0.6) is 0 Å². The fraction of sp³-hybridized carbons (Fsp3) is 0.0909. The third-order valence-corrected chi connectivity index (χ3v) is 7.27. The number of hydrogen-bond donors (Lipinski definition) is 0. The number of hydrogen-bond acceptors (Lipinski definition) is 3. The number of carbonyl (C=O) groups excluding carboxylic acids is 1. The van der Waals surface area contributed by atoms with Gasteiger partial charge in [0.15, 0.2) is 0 Å². The van der Waals surface area contributed by atoms with Crippen LogP contribution in [0, 0.1) is 0 Å². The minimum atomic E-state index is -0.479. The third-order valence-electron chi connectivity index (χ3n) is 4.51. The number of oxime groups is 1. The van der Waals surface area contributed by atoms with Crippen molar-refractivity contribution < 1.29 is 9.63 Å². The van der Waals surface area contributed by atoms with Crippen molar-refractivity contribution in [2.24, 2.45) is 5.16 Å². The molecule has 4 rings (SSSR count). The molecule has 0 spiro atoms. The van der Waals surface area contributed by atoms with Crippen LogP contribution in [0.4, 0.5) is 0 Å². The molecule has 0 saturated heterocycles. The van der Waals surface area contributed by atoms with E-state index in [1.807, 2.05) is 42.5 Å². The predicted molar refractivity (Wildman–Crippen MR) is 114 cm³/mol. The summed E-state index contributed by atoms with van der Waals surface area (Å²) in [4.78, 5) is 17.8. The van der Waals surface area contributed by atoms with Gasteiger partial charge in [-0.05, 0) is 23.3 Å². The maximum atomic E-state index is 12.4. The van der Waals surface area contributed by atoms with Gasteiger partial charge in [-0.15, -0.1) is 0 Å². The Balaban J connectivity index is 1.83. The Kier molecular flexibility index (Phi) is 5.23. The molecular formula is C22H15Br2NO2. The first kappa shape index (κ1) is 18.1. The van der Waals surface area contributed by atoms with Gasteiger partial charge in [-0.2, -0.15) is 0 Å². The topological polar surface area (TPSA) is 38.7 Å². The molecule has 3 nitrogen and oxygen atoms in total. The van der Waals surface area contributed by atoms with E-state index in [1.165, 1.54) is 0 Å². The molecule has 0 aromatic heterocycles. The smallest absolute Gasteiger partial charge is 0.312 e. The molecule has 134 valence electrons. The molecule has 3 aromatic rings. The summed E-state index contributed by atoms with van der Waals surface area (Å²) in [5.41, 5.74) is 5.17. The van der Waals surface area contributed by atoms with E-state index in [0.717, 1.165) is 22.3 Å². The van der Waals surface area contributed by atoms with Gasteiger partial charge in [0.1, 0.15) is 5.71 Å². The zero-order valence-corrected chi connectivity index (χ0v) is 17.4. The van der Waals surface area contributed by atoms with E-state index in [0.29, 0.717) is 11.3 Å². The van der Waals surface area contributed by atoms with E-state index >= 15 is 0 Å². The first-order chi connectivity index (χ1) is 13.2. The average molecular weight is 485 g/mol. The first-order valence-electron chi connectivity index (χ1n) is 8.48. The predicted octanol–water partition coefficient (Wildman–Crippen LogP) is 6.18. The lowest BCUT2D eigenvalue weighted by molar-refractivity contribution is 0.0517. The molecule has 0 fully saturated rings. The summed E-state index contributed by atoms with van der Waals surface area (Å²) in [6, 6.07) is 24.9. The quantitative estimate of drug-likeness (QED) is 0.247. The van der Waals surface area contributed by atoms with Crippen LogP contribution in [0.2, 0.25) is 0 Å². The Bertz CT molecular complexity index is 964. The molecular weight excluding hydrogens is 470 g/mol. The maximum Gasteiger partial charge on any atom is 0.365 e. The monoisotopic (exact) mass is 483 g/mol. The van der Waals surface area contributed by atoms with Crippen LogP contribution >= 0.6 is 31.9 Å². The van der Waals surface area contributed by atoms with Crippen molar-refractivity contribution in [2.45, 2.75) is 9.65 Å². The standard InChI is InChI=1S/C22H15Br2NO2/c23-19-15-10-4-6-12-17(15)21(18-13-7-5-11-16(18)20(19)24)25-27-22(26)14-8-2-1-3-9-14/h1-13,19-20H/t19-,20-/m0/s1. The highest BCUT2D eigenvalue weighted by atomic mass is 79.9.